The van der Waals surface area contributed by atoms with Gasteiger partial charge >= 0.3 is 0 Å². The van der Waals surface area contributed by atoms with Crippen molar-refractivity contribution in [3.8, 4) is 0 Å². The molecular formula is C10H19NO. The first-order chi connectivity index (χ1) is 5.92. The van der Waals surface area contributed by atoms with Crippen LogP contribution in [0.25, 0.3) is 0 Å². The molecule has 2 heteroatoms. The van der Waals surface area contributed by atoms with Gasteiger partial charge in [-0.3, -0.25) is 4.90 Å². The van der Waals surface area contributed by atoms with Crippen molar-refractivity contribution in [1.82, 2.24) is 4.90 Å². The molecule has 1 heterocycles. The molecule has 1 aliphatic carbocycles. The van der Waals surface area contributed by atoms with E-state index in [1.54, 1.807) is 0 Å². The van der Waals surface area contributed by atoms with Gasteiger partial charge in [0.05, 0.1) is 6.61 Å². The minimum Gasteiger partial charge on any atom is -0.395 e. The summed E-state index contributed by atoms with van der Waals surface area (Å²) >= 11 is 0. The van der Waals surface area contributed by atoms with Crippen molar-refractivity contribution in [2.24, 2.45) is 0 Å². The van der Waals surface area contributed by atoms with E-state index in [0.29, 0.717) is 12.6 Å². The maximum absolute atomic E-state index is 9.05. The van der Waals surface area contributed by atoms with E-state index in [4.69, 9.17) is 5.11 Å². The Labute approximate surface area is 74.6 Å². The lowest BCUT2D eigenvalue weighted by Gasteiger charge is -2.46. The second-order valence-corrected chi connectivity index (χ2v) is 4.15. The third kappa shape index (κ3) is 1.50. The predicted molar refractivity (Wildman–Crippen MR) is 49.1 cm³/mol. The summed E-state index contributed by atoms with van der Waals surface area (Å²) in [6.07, 6.45) is 8.19. The van der Waals surface area contributed by atoms with E-state index in [1.165, 1.54) is 45.1 Å². The van der Waals surface area contributed by atoms with E-state index >= 15 is 0 Å². The summed E-state index contributed by atoms with van der Waals surface area (Å²) in [5.74, 6) is 0. The molecule has 2 rings (SSSR count). The smallest absolute Gasteiger partial charge is 0.0587 e. The van der Waals surface area contributed by atoms with Crippen LogP contribution in [-0.2, 0) is 0 Å². The van der Waals surface area contributed by atoms with E-state index in [0.717, 1.165) is 6.04 Å². The Bertz CT molecular complexity index is 141. The van der Waals surface area contributed by atoms with Crippen molar-refractivity contribution < 1.29 is 5.11 Å². The highest BCUT2D eigenvalue weighted by Crippen LogP contribution is 2.29. The molecule has 0 radical (unpaired) electrons. The van der Waals surface area contributed by atoms with Crippen LogP contribution in [0.1, 0.15) is 38.5 Å². The van der Waals surface area contributed by atoms with Gasteiger partial charge in [0.1, 0.15) is 0 Å². The predicted octanol–water partition coefficient (Wildman–Crippen LogP) is 1.39. The summed E-state index contributed by atoms with van der Waals surface area (Å²) in [6, 6.07) is 1.32. The maximum Gasteiger partial charge on any atom is 0.0587 e. The Morgan fingerprint density at radius 3 is 2.33 bits per heavy atom. The molecule has 1 atom stereocenters. The molecule has 0 aromatic carbocycles. The number of aliphatic hydroxyl groups is 1. The normalized spacial score (nSPS) is 33.2. The van der Waals surface area contributed by atoms with E-state index in [2.05, 4.69) is 4.90 Å². The molecule has 2 aliphatic rings. The largest absolute Gasteiger partial charge is 0.395 e. The Morgan fingerprint density at radius 1 is 1.08 bits per heavy atom. The summed E-state index contributed by atoms with van der Waals surface area (Å²) in [4.78, 5) is 2.51. The zero-order valence-corrected chi connectivity index (χ0v) is 7.71. The van der Waals surface area contributed by atoms with Crippen molar-refractivity contribution in [3.05, 3.63) is 0 Å². The molecule has 0 unspecified atom stereocenters. The number of likely N-dealkylation sites (tertiary alicyclic amines) is 1. The van der Waals surface area contributed by atoms with Gasteiger partial charge in [-0.2, -0.15) is 0 Å². The number of hydrogen-bond donors (Lipinski definition) is 1. The first kappa shape index (κ1) is 8.52. The first-order valence-electron chi connectivity index (χ1n) is 5.28. The van der Waals surface area contributed by atoms with E-state index in [1.807, 2.05) is 0 Å². The zero-order valence-electron chi connectivity index (χ0n) is 7.71. The number of aliphatic hydroxyl groups excluding tert-OH is 1. The van der Waals surface area contributed by atoms with Crippen LogP contribution >= 0.6 is 0 Å². The van der Waals surface area contributed by atoms with Crippen molar-refractivity contribution >= 4 is 0 Å². The molecule has 0 aromatic rings. The van der Waals surface area contributed by atoms with Gasteiger partial charge in [-0.15, -0.1) is 0 Å². The quantitative estimate of drug-likeness (QED) is 0.675. The molecule has 0 amide bonds. The van der Waals surface area contributed by atoms with Crippen LogP contribution in [0.4, 0.5) is 0 Å². The second-order valence-electron chi connectivity index (χ2n) is 4.15. The molecule has 1 saturated heterocycles. The van der Waals surface area contributed by atoms with E-state index in [9.17, 15) is 0 Å². The van der Waals surface area contributed by atoms with Crippen molar-refractivity contribution in [1.29, 1.82) is 0 Å². The Morgan fingerprint density at radius 2 is 1.83 bits per heavy atom. The van der Waals surface area contributed by atoms with Crippen LogP contribution in [0.15, 0.2) is 0 Å². The van der Waals surface area contributed by atoms with Crippen LogP contribution in [-0.4, -0.2) is 35.2 Å². The van der Waals surface area contributed by atoms with Gasteiger partial charge in [-0.05, 0) is 19.3 Å². The number of hydrogen-bond acceptors (Lipinski definition) is 2. The molecule has 0 aromatic heterocycles. The summed E-state index contributed by atoms with van der Waals surface area (Å²) < 4.78 is 0. The maximum atomic E-state index is 9.05. The second kappa shape index (κ2) is 3.75. The average molecular weight is 169 g/mol. The van der Waals surface area contributed by atoms with Crippen LogP contribution in [0.2, 0.25) is 0 Å². The highest BCUT2D eigenvalue weighted by Gasteiger charge is 2.33. The third-order valence-corrected chi connectivity index (χ3v) is 3.44. The van der Waals surface area contributed by atoms with Crippen LogP contribution in [0, 0.1) is 0 Å². The van der Waals surface area contributed by atoms with Gasteiger partial charge < -0.3 is 5.11 Å². The minimum absolute atomic E-state index is 0.372. The molecule has 2 nitrogen and oxygen atoms in total. The molecule has 1 saturated carbocycles. The minimum atomic E-state index is 0.372. The van der Waals surface area contributed by atoms with Gasteiger partial charge in [0.2, 0.25) is 0 Å². The molecule has 1 N–H and O–H groups in total. The molecule has 12 heavy (non-hydrogen) atoms. The summed E-state index contributed by atoms with van der Waals surface area (Å²) in [7, 11) is 0. The van der Waals surface area contributed by atoms with Gasteiger partial charge in [0.25, 0.3) is 0 Å². The zero-order chi connectivity index (χ0) is 8.39. The lowest BCUT2D eigenvalue weighted by Crippen LogP contribution is -2.55. The number of rotatable bonds is 2. The molecule has 1 aliphatic heterocycles. The Kier molecular flexibility index (Phi) is 2.66. The fourth-order valence-electron chi connectivity index (χ4n) is 2.55. The molecular weight excluding hydrogens is 150 g/mol. The van der Waals surface area contributed by atoms with Crippen LogP contribution < -0.4 is 0 Å². The summed E-state index contributed by atoms with van der Waals surface area (Å²) in [5.41, 5.74) is 0. The van der Waals surface area contributed by atoms with E-state index < -0.39 is 0 Å². The van der Waals surface area contributed by atoms with Crippen LogP contribution in [0.5, 0.6) is 0 Å². The number of nitrogens with zero attached hydrogens (tertiary/aromatic N) is 1. The fraction of sp³-hybridized carbons (Fsp3) is 1.00. The topological polar surface area (TPSA) is 23.5 Å². The molecule has 2 fully saturated rings. The fourth-order valence-corrected chi connectivity index (χ4v) is 2.55. The van der Waals surface area contributed by atoms with Crippen molar-refractivity contribution in [2.45, 2.75) is 50.6 Å². The monoisotopic (exact) mass is 169 g/mol. The standard InChI is InChI=1S/C10H19NO/c12-8-10-6-7-11(10)9-4-2-1-3-5-9/h9-10,12H,1-8H2/t10-/m1/s1. The Balaban J connectivity index is 1.82. The molecule has 70 valence electrons. The SMILES string of the molecule is OC[C@H]1CCN1C1CCCCC1. The lowest BCUT2D eigenvalue weighted by atomic mass is 9.89. The third-order valence-electron chi connectivity index (χ3n) is 3.44. The van der Waals surface area contributed by atoms with Gasteiger partial charge in [-0.25, -0.2) is 0 Å². The van der Waals surface area contributed by atoms with E-state index in [-0.39, 0.29) is 0 Å². The van der Waals surface area contributed by atoms with Gasteiger partial charge in [0, 0.05) is 18.6 Å². The van der Waals surface area contributed by atoms with Crippen molar-refractivity contribution in [2.75, 3.05) is 13.2 Å². The van der Waals surface area contributed by atoms with Gasteiger partial charge in [-0.1, -0.05) is 19.3 Å². The summed E-state index contributed by atoms with van der Waals surface area (Å²) in [6.45, 7) is 1.60. The van der Waals surface area contributed by atoms with Gasteiger partial charge in [0.15, 0.2) is 0 Å². The molecule has 0 spiro atoms. The highest BCUT2D eigenvalue weighted by molar-refractivity contribution is 4.88. The molecule has 0 bridgehead atoms. The highest BCUT2D eigenvalue weighted by atomic mass is 16.3. The lowest BCUT2D eigenvalue weighted by molar-refractivity contribution is -0.00695. The average Bonchev–Trinajstić information content (AvgIpc) is 2.05. The van der Waals surface area contributed by atoms with Crippen molar-refractivity contribution in [3.63, 3.8) is 0 Å². The Hall–Kier alpha value is -0.0800. The first-order valence-corrected chi connectivity index (χ1v) is 5.28. The summed E-state index contributed by atoms with van der Waals surface area (Å²) in [5, 5.41) is 9.05. The van der Waals surface area contributed by atoms with Crippen LogP contribution in [0.3, 0.4) is 0 Å².